The fourth-order valence-corrected chi connectivity index (χ4v) is 3.21. The van der Waals surface area contributed by atoms with Crippen LogP contribution < -0.4 is 10.6 Å². The maximum absolute atomic E-state index is 12.1. The van der Waals surface area contributed by atoms with Crippen molar-refractivity contribution >= 4 is 34.1 Å². The zero-order valence-corrected chi connectivity index (χ0v) is 14.6. The smallest absolute Gasteiger partial charge is 0.325 e. The number of hydrogen-bond donors (Lipinski definition) is 2. The molecule has 0 saturated carbocycles. The Hall–Kier alpha value is -2.45. The van der Waals surface area contributed by atoms with Gasteiger partial charge in [0.15, 0.2) is 5.13 Å². The molecule has 1 fully saturated rings. The molecule has 3 rings (SSSR count). The van der Waals surface area contributed by atoms with Crippen LogP contribution in [0, 0.1) is 0 Å². The van der Waals surface area contributed by atoms with Crippen LogP contribution in [-0.2, 0) is 16.0 Å². The van der Waals surface area contributed by atoms with Crippen molar-refractivity contribution in [1.29, 1.82) is 0 Å². The number of ether oxygens (including phenoxy) is 1. The Bertz CT molecular complexity index is 714. The monoisotopic (exact) mass is 360 g/mol. The molecule has 0 radical (unpaired) electrons. The Morgan fingerprint density at radius 1 is 1.16 bits per heavy atom. The molecule has 0 unspecified atom stereocenters. The van der Waals surface area contributed by atoms with E-state index in [0.717, 1.165) is 5.69 Å². The zero-order chi connectivity index (χ0) is 17.5. The number of thiazole rings is 1. The summed E-state index contributed by atoms with van der Waals surface area (Å²) in [6.45, 7) is 2.52. The van der Waals surface area contributed by atoms with Gasteiger partial charge in [-0.3, -0.25) is 10.1 Å². The Morgan fingerprint density at radius 3 is 2.68 bits per heavy atom. The van der Waals surface area contributed by atoms with Crippen molar-refractivity contribution in [1.82, 2.24) is 9.88 Å². The summed E-state index contributed by atoms with van der Waals surface area (Å²) in [5.41, 5.74) is 1.52. The number of aryl methyl sites for hydroxylation is 1. The highest BCUT2D eigenvalue weighted by molar-refractivity contribution is 7.13. The number of nitrogens with zero attached hydrogens (tertiary/aromatic N) is 2. The predicted octanol–water partition coefficient (Wildman–Crippen LogP) is 2.58. The molecule has 1 aliphatic heterocycles. The fourth-order valence-electron chi connectivity index (χ4n) is 2.47. The molecule has 8 heteroatoms. The second kappa shape index (κ2) is 8.59. The number of hydrogen-bond acceptors (Lipinski definition) is 5. The SMILES string of the molecule is O=C(Nc1ccccc1)Nc1nc(CCC(=O)N2CCOCC2)cs1. The molecule has 3 amide bonds. The third-order valence-electron chi connectivity index (χ3n) is 3.76. The molecule has 1 saturated heterocycles. The highest BCUT2D eigenvalue weighted by Crippen LogP contribution is 2.17. The first-order valence-corrected chi connectivity index (χ1v) is 9.01. The van der Waals surface area contributed by atoms with E-state index in [0.29, 0.717) is 50.0 Å². The van der Waals surface area contributed by atoms with Gasteiger partial charge < -0.3 is 15.0 Å². The van der Waals surface area contributed by atoms with Crippen LogP contribution in [0.2, 0.25) is 0 Å². The molecular formula is C17H20N4O3S. The Morgan fingerprint density at radius 2 is 1.92 bits per heavy atom. The lowest BCUT2D eigenvalue weighted by molar-refractivity contribution is -0.135. The molecule has 0 aliphatic carbocycles. The molecule has 1 aliphatic rings. The van der Waals surface area contributed by atoms with Gasteiger partial charge in [-0.25, -0.2) is 9.78 Å². The lowest BCUT2D eigenvalue weighted by atomic mass is 10.2. The van der Waals surface area contributed by atoms with Crippen molar-refractivity contribution in [2.45, 2.75) is 12.8 Å². The standard InChI is InChI=1S/C17H20N4O3S/c22-15(21-8-10-24-11-9-21)7-6-14-12-25-17(19-14)20-16(23)18-13-4-2-1-3-5-13/h1-5,12H,6-11H2,(H2,18,19,20,23). The third-order valence-corrected chi connectivity index (χ3v) is 4.57. The van der Waals surface area contributed by atoms with E-state index >= 15 is 0 Å². The molecule has 0 spiro atoms. The normalized spacial score (nSPS) is 14.2. The van der Waals surface area contributed by atoms with Crippen molar-refractivity contribution in [2.24, 2.45) is 0 Å². The van der Waals surface area contributed by atoms with E-state index in [1.165, 1.54) is 11.3 Å². The van der Waals surface area contributed by atoms with Gasteiger partial charge in [0.25, 0.3) is 0 Å². The van der Waals surface area contributed by atoms with Gasteiger partial charge in [0.05, 0.1) is 18.9 Å². The number of rotatable bonds is 5. The topological polar surface area (TPSA) is 83.6 Å². The molecule has 7 nitrogen and oxygen atoms in total. The molecule has 2 aromatic rings. The van der Waals surface area contributed by atoms with Crippen molar-refractivity contribution in [3.05, 3.63) is 41.4 Å². The predicted molar refractivity (Wildman–Crippen MR) is 96.9 cm³/mol. The van der Waals surface area contributed by atoms with E-state index in [-0.39, 0.29) is 11.9 Å². The zero-order valence-electron chi connectivity index (χ0n) is 13.7. The number of carbonyl (C=O) groups excluding carboxylic acids is 2. The molecule has 2 heterocycles. The summed E-state index contributed by atoms with van der Waals surface area (Å²) >= 11 is 1.35. The number of aromatic nitrogens is 1. The number of urea groups is 1. The Labute approximate surface area is 150 Å². The molecule has 2 N–H and O–H groups in total. The van der Waals surface area contributed by atoms with Gasteiger partial charge in [-0.2, -0.15) is 0 Å². The second-order valence-electron chi connectivity index (χ2n) is 5.58. The summed E-state index contributed by atoms with van der Waals surface area (Å²) in [5, 5.41) is 7.83. The summed E-state index contributed by atoms with van der Waals surface area (Å²) in [4.78, 5) is 30.2. The van der Waals surface area contributed by atoms with E-state index in [9.17, 15) is 9.59 Å². The maximum atomic E-state index is 12.1. The minimum absolute atomic E-state index is 0.118. The van der Waals surface area contributed by atoms with E-state index in [2.05, 4.69) is 15.6 Å². The highest BCUT2D eigenvalue weighted by Gasteiger charge is 2.17. The average Bonchev–Trinajstić information content (AvgIpc) is 3.08. The van der Waals surface area contributed by atoms with Crippen molar-refractivity contribution < 1.29 is 14.3 Å². The number of anilines is 2. The second-order valence-corrected chi connectivity index (χ2v) is 6.44. The van der Waals surface area contributed by atoms with Gasteiger partial charge in [-0.15, -0.1) is 11.3 Å². The van der Waals surface area contributed by atoms with Gasteiger partial charge in [-0.05, 0) is 18.6 Å². The van der Waals surface area contributed by atoms with Gasteiger partial charge >= 0.3 is 6.03 Å². The van der Waals surface area contributed by atoms with Gasteiger partial charge in [0.1, 0.15) is 0 Å². The minimum Gasteiger partial charge on any atom is -0.378 e. The van der Waals surface area contributed by atoms with Crippen LogP contribution in [0.3, 0.4) is 0 Å². The molecule has 1 aromatic carbocycles. The first kappa shape index (κ1) is 17.4. The largest absolute Gasteiger partial charge is 0.378 e. The first-order valence-electron chi connectivity index (χ1n) is 8.14. The molecule has 25 heavy (non-hydrogen) atoms. The summed E-state index contributed by atoms with van der Waals surface area (Å²) in [6, 6.07) is 8.87. The average molecular weight is 360 g/mol. The highest BCUT2D eigenvalue weighted by atomic mass is 32.1. The number of amides is 3. The molecule has 0 atom stereocenters. The summed E-state index contributed by atoms with van der Waals surface area (Å²) in [7, 11) is 0. The number of morpholine rings is 1. The lowest BCUT2D eigenvalue weighted by Gasteiger charge is -2.26. The Balaban J connectivity index is 1.45. The number of carbonyl (C=O) groups is 2. The fraction of sp³-hybridized carbons (Fsp3) is 0.353. The summed E-state index contributed by atoms with van der Waals surface area (Å²) in [6.07, 6.45) is 0.980. The van der Waals surface area contributed by atoms with Crippen LogP contribution in [0.25, 0.3) is 0 Å². The number of nitrogens with one attached hydrogen (secondary N) is 2. The van der Waals surface area contributed by atoms with Crippen molar-refractivity contribution in [3.63, 3.8) is 0 Å². The van der Waals surface area contributed by atoms with E-state index < -0.39 is 0 Å². The Kier molecular flexibility index (Phi) is 5.97. The van der Waals surface area contributed by atoms with Crippen molar-refractivity contribution in [2.75, 3.05) is 36.9 Å². The number of benzene rings is 1. The third kappa shape index (κ3) is 5.27. The maximum Gasteiger partial charge on any atom is 0.325 e. The minimum atomic E-state index is -0.337. The van der Waals surface area contributed by atoms with Crippen molar-refractivity contribution in [3.8, 4) is 0 Å². The van der Waals surface area contributed by atoms with Gasteiger partial charge in [0, 0.05) is 30.6 Å². The van der Waals surface area contributed by atoms with E-state index in [1.54, 1.807) is 0 Å². The van der Waals surface area contributed by atoms with Crippen LogP contribution in [0.5, 0.6) is 0 Å². The van der Waals surface area contributed by atoms with Gasteiger partial charge in [0.2, 0.25) is 5.91 Å². The van der Waals surface area contributed by atoms with E-state index in [1.807, 2.05) is 40.6 Å². The van der Waals surface area contributed by atoms with Crippen LogP contribution in [0.15, 0.2) is 35.7 Å². The van der Waals surface area contributed by atoms with Crippen LogP contribution in [0.1, 0.15) is 12.1 Å². The lowest BCUT2D eigenvalue weighted by Crippen LogP contribution is -2.40. The summed E-state index contributed by atoms with van der Waals surface area (Å²) in [5.74, 6) is 0.118. The number of para-hydroxylation sites is 1. The molecule has 1 aromatic heterocycles. The van der Waals surface area contributed by atoms with E-state index in [4.69, 9.17) is 4.74 Å². The summed E-state index contributed by atoms with van der Waals surface area (Å²) < 4.78 is 5.24. The quantitative estimate of drug-likeness (QED) is 0.858. The molecule has 0 bridgehead atoms. The van der Waals surface area contributed by atoms with Crippen LogP contribution >= 0.6 is 11.3 Å². The molecular weight excluding hydrogens is 340 g/mol. The van der Waals surface area contributed by atoms with Gasteiger partial charge in [-0.1, -0.05) is 18.2 Å². The first-order chi connectivity index (χ1) is 12.2. The van der Waals surface area contributed by atoms with Crippen LogP contribution in [0.4, 0.5) is 15.6 Å². The van der Waals surface area contributed by atoms with Crippen LogP contribution in [-0.4, -0.2) is 48.1 Å². The molecule has 132 valence electrons.